The summed E-state index contributed by atoms with van der Waals surface area (Å²) in [4.78, 5) is 51.2. The lowest BCUT2D eigenvalue weighted by molar-refractivity contribution is -0.132. The molecule has 640 valence electrons. The molecule has 8 rings (SSSR count). The number of nitrogens with one attached hydrogen (secondary N) is 14. The quantitative estimate of drug-likeness (QED) is 0.00378. The highest BCUT2D eigenvalue weighted by atomic mass is 79.9. The average Bonchev–Trinajstić information content (AvgIpc) is 0.612. The largest absolute Gasteiger partial charge is 0.506 e. The normalized spacial score (nSPS) is 12.3. The number of rotatable bonds is 30. The van der Waals surface area contributed by atoms with Gasteiger partial charge in [0.15, 0.2) is 32.5 Å². The second kappa shape index (κ2) is 43.2. The van der Waals surface area contributed by atoms with Gasteiger partial charge in [-0.2, -0.15) is 43.9 Å². The van der Waals surface area contributed by atoms with Gasteiger partial charge >= 0.3 is 0 Å². The van der Waals surface area contributed by atoms with Crippen LogP contribution in [0, 0.1) is 0 Å². The number of hydrazine groups is 2. The van der Waals surface area contributed by atoms with E-state index in [9.17, 15) is 91.5 Å². The highest BCUT2D eigenvalue weighted by molar-refractivity contribution is 9.11. The van der Waals surface area contributed by atoms with Gasteiger partial charge in [-0.05, 0) is 232 Å². The molecule has 0 aliphatic heterocycles. The summed E-state index contributed by atoms with van der Waals surface area (Å²) in [5.74, 6) is -5.84. The van der Waals surface area contributed by atoms with E-state index >= 15 is 0 Å². The summed E-state index contributed by atoms with van der Waals surface area (Å²) in [6, 6.07) is 21.3. The first kappa shape index (κ1) is 97.2. The Kier molecular flexibility index (Phi) is 34.6. The van der Waals surface area contributed by atoms with Crippen LogP contribution in [0.25, 0.3) is 24.3 Å². The molecule has 0 saturated heterocycles. The van der Waals surface area contributed by atoms with Gasteiger partial charge in [-0.3, -0.25) is 59.1 Å². The fourth-order valence-corrected chi connectivity index (χ4v) is 16.6. The number of halogens is 8. The Labute approximate surface area is 762 Å². The van der Waals surface area contributed by atoms with E-state index in [0.29, 0.717) is 0 Å². The molecular weight excluding hydrogens is 2090 g/mol. The van der Waals surface area contributed by atoms with Crippen molar-refractivity contribution in [1.82, 2.24) is 43.2 Å². The molecule has 0 radical (unpaired) electrons. The summed E-state index contributed by atoms with van der Waals surface area (Å²) < 4.78 is 149. The van der Waals surface area contributed by atoms with E-state index in [4.69, 9.17) is 100 Å². The zero-order valence-electron chi connectivity index (χ0n) is 60.1. The van der Waals surface area contributed by atoms with Crippen LogP contribution < -0.4 is 75.1 Å². The smallest absolute Gasteiger partial charge is 0.295 e. The van der Waals surface area contributed by atoms with E-state index in [0.717, 1.165) is 61.0 Å². The molecule has 8 aromatic rings. The van der Waals surface area contributed by atoms with Crippen molar-refractivity contribution < 1.29 is 96.2 Å². The summed E-state index contributed by atoms with van der Waals surface area (Å²) in [6.07, 6.45) is 6.52. The first-order chi connectivity index (χ1) is 56.7. The molecule has 2 atom stereocenters. The van der Waals surface area contributed by atoms with Crippen LogP contribution in [0.15, 0.2) is 169 Å². The number of nitrogens with zero attached hydrogens (tertiary/aromatic N) is 2. The third-order valence-corrected chi connectivity index (χ3v) is 23.8. The van der Waals surface area contributed by atoms with Gasteiger partial charge in [-0.1, -0.05) is 95.0 Å². The highest BCUT2D eigenvalue weighted by Gasteiger charge is 2.31. The fraction of sp³-hybridized carbons (Fsp3) is 0.0882. The average molecular weight is 2150 g/mol. The summed E-state index contributed by atoms with van der Waals surface area (Å²) in [7, 11) is -20.1. The van der Waals surface area contributed by atoms with Crippen LogP contribution in [-0.2, 0) is 64.4 Å². The molecule has 0 saturated carbocycles. The van der Waals surface area contributed by atoms with Gasteiger partial charge in [0.2, 0.25) is 0 Å². The topological polar surface area (TPSA) is 569 Å². The number of aromatic hydroxyl groups is 4. The predicted molar refractivity (Wildman–Crippen MR) is 487 cm³/mol. The van der Waals surface area contributed by atoms with Crippen LogP contribution >= 0.6 is 159 Å². The number of hydrazone groups is 2. The molecular formula is C68H58Br4Cl4N16O21S8. The van der Waals surface area contributed by atoms with Crippen molar-refractivity contribution in [3.05, 3.63) is 193 Å². The van der Waals surface area contributed by atoms with Crippen LogP contribution in [0.2, 0.25) is 20.1 Å². The van der Waals surface area contributed by atoms with Crippen molar-refractivity contribution in [2.75, 3.05) is 58.2 Å². The molecule has 0 aromatic heterocycles. The van der Waals surface area contributed by atoms with Crippen LogP contribution in [0.1, 0.15) is 33.4 Å². The number of hydrogen-bond donors (Lipinski definition) is 22. The summed E-state index contributed by atoms with van der Waals surface area (Å²) in [5.41, 5.74) is 12.9. The second-order valence-electron chi connectivity index (χ2n) is 23.9. The molecule has 0 spiro atoms. The minimum atomic E-state index is -5.05. The first-order valence-corrected chi connectivity index (χ1v) is 45.0. The SMILES string of the molecule is O=C(N/N=C/c1cc(Br)c(O)c(Br)c1O)C(Nc1ccc(Cl)cc1Cl)C(=O)NNC(=S)Nc1ccc(/C=C/c2ccc(NC(=S)NCCOCCNC(=S)Nc3ccc(/C=C/c4ccc(NC(=S)NNC(=O)C(Nc5ccc(Cl)cc5Cl)C(=O)N/N=C/c5cc(Br)c(O)c(Br)c5O)cc4S(=O)(=O)O)c(S(=O)(=O)O)c3)cc2S(=O)(=O)O)c(S(=O)(=O)O)c1. The molecule has 0 fully saturated rings. The lowest BCUT2D eigenvalue weighted by Crippen LogP contribution is -2.54. The number of carbonyl (C=O) groups excluding carboxylic acids is 4. The number of phenolic OH excluding ortho intramolecular Hbond substituents is 4. The number of ether oxygens (including phenoxy) is 1. The molecule has 2 unspecified atom stereocenters. The minimum Gasteiger partial charge on any atom is -0.506 e. The lowest BCUT2D eigenvalue weighted by Gasteiger charge is -2.20. The van der Waals surface area contributed by atoms with Gasteiger partial charge in [-0.15, -0.1) is 0 Å². The van der Waals surface area contributed by atoms with E-state index in [-0.39, 0.29) is 154 Å². The van der Waals surface area contributed by atoms with E-state index in [1.54, 1.807) is 0 Å². The standard InChI is InChI=1S/C68H58Br4Cl4N16O21S8/c69-43-21-35(57(93)53(71)59(43)95)29-79-87-61(97)55(85-47-15-9-37(73)23-45(47)75)63(99)89-91-67(116)83-41-13-7-33(51(27-41)120(107,108)109)3-1-31-5-11-39(25-49(31)118(101,102)103)81-65(114)77-17-19-113-20-18-78-66(115)82-40-12-6-32(50(26-40)119(104,105)106)2-4-34-8-14-42(28-52(34)121(110,111)112)84-68(117)92-90-64(100)56(86-48-16-10-38(74)24-46(48)76)62(98)88-80-30-36-22-44(70)60(96)54(72)58(36)94/h1-16,21-30,55-56,85-86,93-96H,17-20H2,(H,87,97)(H,88,98)(H,89,99)(H,90,100)(H2,77,81,114)(H2,78,82,115)(H2,83,91,116)(H2,84,92,117)(H,101,102,103)(H,104,105,106)(H,107,108,109)(H,110,111,112)/b3-1+,4-2+,79-29+,80-30+. The third kappa shape index (κ3) is 28.4. The molecule has 53 heteroatoms. The van der Waals surface area contributed by atoms with Gasteiger partial charge in [0.1, 0.15) is 51.5 Å². The Hall–Kier alpha value is -9.30. The fourth-order valence-electron chi connectivity index (χ4n) is 9.80. The monoisotopic (exact) mass is 2150 g/mol. The molecule has 0 bridgehead atoms. The lowest BCUT2D eigenvalue weighted by atomic mass is 10.1. The van der Waals surface area contributed by atoms with E-state index < -0.39 is 117 Å². The maximum Gasteiger partial charge on any atom is 0.295 e. The molecule has 4 amide bonds. The molecule has 0 aliphatic rings. The highest BCUT2D eigenvalue weighted by Crippen LogP contribution is 2.42. The number of anilines is 6. The number of carbonyl (C=O) groups is 4. The minimum absolute atomic E-state index is 0.00611. The molecule has 0 heterocycles. The Morgan fingerprint density at radius 2 is 0.694 bits per heavy atom. The third-order valence-electron chi connectivity index (χ3n) is 15.4. The van der Waals surface area contributed by atoms with Crippen molar-refractivity contribution in [3.8, 4) is 23.0 Å². The van der Waals surface area contributed by atoms with Gasteiger partial charge in [0, 0.05) is 57.0 Å². The summed E-state index contributed by atoms with van der Waals surface area (Å²) >= 11 is 58.3. The van der Waals surface area contributed by atoms with Crippen molar-refractivity contribution >= 4 is 314 Å². The Morgan fingerprint density at radius 1 is 0.397 bits per heavy atom. The number of benzene rings is 8. The van der Waals surface area contributed by atoms with Gasteiger partial charge in [0.25, 0.3) is 64.1 Å². The van der Waals surface area contributed by atoms with Crippen LogP contribution in [-0.4, -0.2) is 167 Å². The summed E-state index contributed by atoms with van der Waals surface area (Å²) in [6.45, 7) is 0.273. The zero-order valence-corrected chi connectivity index (χ0v) is 76.0. The number of thiocarbonyl (C=S) groups is 4. The maximum atomic E-state index is 13.6. The van der Waals surface area contributed by atoms with Crippen molar-refractivity contribution in [2.24, 2.45) is 10.2 Å². The second-order valence-corrected chi connectivity index (χ2v) is 36.1. The number of hydrogen-bond acceptors (Lipinski definition) is 25. The maximum absolute atomic E-state index is 13.6. The van der Waals surface area contributed by atoms with Gasteiger partial charge in [-0.25, -0.2) is 10.9 Å². The molecule has 0 aliphatic carbocycles. The Balaban J connectivity index is 0.798. The van der Waals surface area contributed by atoms with Crippen LogP contribution in [0.5, 0.6) is 23.0 Å². The van der Waals surface area contributed by atoms with E-state index in [1.165, 1.54) is 97.1 Å². The molecule has 37 nitrogen and oxygen atoms in total. The van der Waals surface area contributed by atoms with Crippen molar-refractivity contribution in [1.29, 1.82) is 0 Å². The Bertz CT molecular complexity index is 5740. The van der Waals surface area contributed by atoms with Gasteiger partial charge in [0.05, 0.1) is 56.0 Å². The van der Waals surface area contributed by atoms with Crippen molar-refractivity contribution in [2.45, 2.75) is 31.7 Å². The van der Waals surface area contributed by atoms with Crippen LogP contribution in [0.4, 0.5) is 34.1 Å². The van der Waals surface area contributed by atoms with E-state index in [1.807, 2.05) is 0 Å². The molecule has 121 heavy (non-hydrogen) atoms. The first-order valence-electron chi connectivity index (χ1n) is 32.9. The Morgan fingerprint density at radius 3 is 0.983 bits per heavy atom. The molecule has 8 aromatic carbocycles. The number of phenols is 4. The predicted octanol–water partition coefficient (Wildman–Crippen LogP) is 10.7. The number of amides is 4. The summed E-state index contributed by atoms with van der Waals surface area (Å²) in [5, 5.41) is 69.9. The van der Waals surface area contributed by atoms with E-state index in [2.05, 4.69) is 149 Å². The zero-order chi connectivity index (χ0) is 89.2. The van der Waals surface area contributed by atoms with Gasteiger partial charge < -0.3 is 67.7 Å². The molecule has 22 N–H and O–H groups in total. The van der Waals surface area contributed by atoms with Crippen molar-refractivity contribution in [3.63, 3.8) is 0 Å². The van der Waals surface area contributed by atoms with Crippen LogP contribution in [0.3, 0.4) is 0 Å².